The van der Waals surface area contributed by atoms with Crippen LogP contribution in [0.4, 0.5) is 0 Å². The molecule has 2 heterocycles. The van der Waals surface area contributed by atoms with Gasteiger partial charge in [0.25, 0.3) is 0 Å². The highest BCUT2D eigenvalue weighted by atomic mass is 16.5. The van der Waals surface area contributed by atoms with Gasteiger partial charge in [0, 0.05) is 25.4 Å². The molecule has 6 heteroatoms. The first-order valence-electron chi connectivity index (χ1n) is 9.00. The quantitative estimate of drug-likeness (QED) is 0.882. The summed E-state index contributed by atoms with van der Waals surface area (Å²) in [5.74, 6) is 1.78. The van der Waals surface area contributed by atoms with Crippen molar-refractivity contribution >= 4 is 11.8 Å². The van der Waals surface area contributed by atoms with Crippen LogP contribution in [0.3, 0.4) is 0 Å². The third-order valence-corrected chi connectivity index (χ3v) is 4.85. The van der Waals surface area contributed by atoms with Crippen molar-refractivity contribution in [3.63, 3.8) is 0 Å². The first kappa shape index (κ1) is 17.6. The van der Waals surface area contributed by atoms with Gasteiger partial charge >= 0.3 is 0 Å². The van der Waals surface area contributed by atoms with Crippen LogP contribution in [0.2, 0.25) is 0 Å². The van der Waals surface area contributed by atoms with E-state index in [1.165, 1.54) is 0 Å². The summed E-state index contributed by atoms with van der Waals surface area (Å²) in [6.07, 6.45) is 4.37. The van der Waals surface area contributed by atoms with Crippen LogP contribution in [0.5, 0.6) is 11.5 Å². The number of benzene rings is 1. The molecule has 0 radical (unpaired) electrons. The van der Waals surface area contributed by atoms with E-state index in [2.05, 4.69) is 5.32 Å². The van der Waals surface area contributed by atoms with Crippen molar-refractivity contribution in [2.45, 2.75) is 32.1 Å². The fourth-order valence-corrected chi connectivity index (χ4v) is 3.44. The number of hydrogen-bond acceptors (Lipinski definition) is 4. The Labute approximate surface area is 148 Å². The number of hydrogen-bond donors (Lipinski definition) is 1. The van der Waals surface area contributed by atoms with Gasteiger partial charge in [0.05, 0.1) is 20.3 Å². The molecule has 136 valence electrons. The Morgan fingerprint density at radius 2 is 2.24 bits per heavy atom. The summed E-state index contributed by atoms with van der Waals surface area (Å²) in [7, 11) is 1.63. The maximum absolute atomic E-state index is 12.2. The molecular weight excluding hydrogens is 320 g/mol. The largest absolute Gasteiger partial charge is 0.493 e. The molecule has 2 aliphatic heterocycles. The Hall–Kier alpha value is -2.24. The van der Waals surface area contributed by atoms with Crippen LogP contribution in [0.15, 0.2) is 18.2 Å². The zero-order valence-corrected chi connectivity index (χ0v) is 14.8. The Morgan fingerprint density at radius 1 is 1.36 bits per heavy atom. The smallest absolute Gasteiger partial charge is 0.239 e. The molecule has 3 rings (SSSR count). The number of carbonyl (C=O) groups excluding carboxylic acids is 2. The maximum Gasteiger partial charge on any atom is 0.239 e. The van der Waals surface area contributed by atoms with E-state index in [0.717, 1.165) is 42.7 Å². The average molecular weight is 346 g/mol. The molecule has 1 N–H and O–H groups in total. The standard InChI is InChI=1S/C19H26N2O4/c1-24-16-7-5-6-15-10-14(13-25-19(15)16)11-20-17(22)12-21-9-4-2-3-8-18(21)23/h5-7,14H,2-4,8-13H2,1H3,(H,20,22)/t14-/m0/s1. The van der Waals surface area contributed by atoms with E-state index in [0.29, 0.717) is 26.1 Å². The van der Waals surface area contributed by atoms with Gasteiger partial charge in [-0.2, -0.15) is 0 Å². The third kappa shape index (κ3) is 4.44. The lowest BCUT2D eigenvalue weighted by Crippen LogP contribution is -2.43. The highest BCUT2D eigenvalue weighted by molar-refractivity contribution is 5.84. The fourth-order valence-electron chi connectivity index (χ4n) is 3.44. The SMILES string of the molecule is COc1cccc2c1OC[C@H](CNC(=O)CN1CCCCCC1=O)C2. The first-order chi connectivity index (χ1) is 12.2. The van der Waals surface area contributed by atoms with E-state index < -0.39 is 0 Å². The Balaban J connectivity index is 1.49. The molecule has 0 spiro atoms. The van der Waals surface area contributed by atoms with Gasteiger partial charge in [-0.25, -0.2) is 0 Å². The zero-order valence-electron chi connectivity index (χ0n) is 14.8. The molecule has 1 atom stereocenters. The molecular formula is C19H26N2O4. The molecule has 6 nitrogen and oxygen atoms in total. The van der Waals surface area contributed by atoms with Gasteiger partial charge in [-0.1, -0.05) is 18.6 Å². The first-order valence-corrected chi connectivity index (χ1v) is 9.00. The normalized spacial score (nSPS) is 20.3. The van der Waals surface area contributed by atoms with Crippen molar-refractivity contribution in [1.82, 2.24) is 10.2 Å². The van der Waals surface area contributed by atoms with Crippen molar-refractivity contribution in [2.75, 3.05) is 33.4 Å². The Kier molecular flexibility index (Phi) is 5.79. The fraction of sp³-hybridized carbons (Fsp3) is 0.579. The van der Waals surface area contributed by atoms with Crippen molar-refractivity contribution in [3.05, 3.63) is 23.8 Å². The third-order valence-electron chi connectivity index (χ3n) is 4.85. The predicted octanol–water partition coefficient (Wildman–Crippen LogP) is 1.77. The molecule has 1 saturated heterocycles. The van der Waals surface area contributed by atoms with Crippen LogP contribution < -0.4 is 14.8 Å². The topological polar surface area (TPSA) is 67.9 Å². The summed E-state index contributed by atoms with van der Waals surface area (Å²) < 4.78 is 11.2. The second-order valence-electron chi connectivity index (χ2n) is 6.76. The van der Waals surface area contributed by atoms with Crippen LogP contribution in [0, 0.1) is 5.92 Å². The average Bonchev–Trinajstić information content (AvgIpc) is 2.83. The monoisotopic (exact) mass is 346 g/mol. The van der Waals surface area contributed by atoms with Crippen molar-refractivity contribution < 1.29 is 19.1 Å². The minimum atomic E-state index is -0.0910. The predicted molar refractivity (Wildman–Crippen MR) is 93.7 cm³/mol. The second-order valence-corrected chi connectivity index (χ2v) is 6.76. The molecule has 0 aliphatic carbocycles. The van der Waals surface area contributed by atoms with Gasteiger partial charge in [-0.3, -0.25) is 9.59 Å². The molecule has 25 heavy (non-hydrogen) atoms. The number of likely N-dealkylation sites (tertiary alicyclic amines) is 1. The van der Waals surface area contributed by atoms with Crippen LogP contribution >= 0.6 is 0 Å². The Bertz CT molecular complexity index is 632. The molecule has 2 aliphatic rings. The molecule has 1 aromatic rings. The summed E-state index contributed by atoms with van der Waals surface area (Å²) >= 11 is 0. The zero-order chi connectivity index (χ0) is 17.6. The summed E-state index contributed by atoms with van der Waals surface area (Å²) in [6.45, 7) is 1.95. The molecule has 2 amide bonds. The summed E-state index contributed by atoms with van der Waals surface area (Å²) in [4.78, 5) is 25.8. The van der Waals surface area contributed by atoms with Crippen molar-refractivity contribution in [3.8, 4) is 11.5 Å². The van der Waals surface area contributed by atoms with Gasteiger partial charge in [-0.05, 0) is 30.9 Å². The van der Waals surface area contributed by atoms with E-state index in [1.807, 2.05) is 18.2 Å². The highest BCUT2D eigenvalue weighted by Crippen LogP contribution is 2.35. The van der Waals surface area contributed by atoms with Gasteiger partial charge in [0.15, 0.2) is 11.5 Å². The number of nitrogens with one attached hydrogen (secondary N) is 1. The number of methoxy groups -OCH3 is 1. The molecule has 0 unspecified atom stereocenters. The van der Waals surface area contributed by atoms with Crippen LogP contribution in [-0.4, -0.2) is 50.1 Å². The van der Waals surface area contributed by atoms with Gasteiger partial charge in [-0.15, -0.1) is 0 Å². The Morgan fingerprint density at radius 3 is 3.08 bits per heavy atom. The number of ether oxygens (including phenoxy) is 2. The number of amides is 2. The van der Waals surface area contributed by atoms with Gasteiger partial charge < -0.3 is 19.7 Å². The molecule has 1 fully saturated rings. The molecule has 0 bridgehead atoms. The lowest BCUT2D eigenvalue weighted by molar-refractivity contribution is -0.135. The second kappa shape index (κ2) is 8.23. The number of nitrogens with zero attached hydrogens (tertiary/aromatic N) is 1. The van der Waals surface area contributed by atoms with Crippen LogP contribution in [-0.2, 0) is 16.0 Å². The van der Waals surface area contributed by atoms with Crippen LogP contribution in [0.25, 0.3) is 0 Å². The lowest BCUT2D eigenvalue weighted by Gasteiger charge is -2.27. The van der Waals surface area contributed by atoms with E-state index in [1.54, 1.807) is 12.0 Å². The van der Waals surface area contributed by atoms with E-state index in [-0.39, 0.29) is 24.3 Å². The van der Waals surface area contributed by atoms with Crippen molar-refractivity contribution in [2.24, 2.45) is 5.92 Å². The number of para-hydroxylation sites is 1. The maximum atomic E-state index is 12.2. The highest BCUT2D eigenvalue weighted by Gasteiger charge is 2.24. The van der Waals surface area contributed by atoms with E-state index >= 15 is 0 Å². The van der Waals surface area contributed by atoms with Crippen molar-refractivity contribution in [1.29, 1.82) is 0 Å². The van der Waals surface area contributed by atoms with E-state index in [4.69, 9.17) is 9.47 Å². The molecule has 0 saturated carbocycles. The molecule has 1 aromatic carbocycles. The van der Waals surface area contributed by atoms with Gasteiger partial charge in [0.1, 0.15) is 0 Å². The van der Waals surface area contributed by atoms with E-state index in [9.17, 15) is 9.59 Å². The lowest BCUT2D eigenvalue weighted by atomic mass is 9.96. The summed E-state index contributed by atoms with van der Waals surface area (Å²) in [6, 6.07) is 5.87. The molecule has 0 aromatic heterocycles. The van der Waals surface area contributed by atoms with Gasteiger partial charge in [0.2, 0.25) is 11.8 Å². The van der Waals surface area contributed by atoms with Crippen LogP contribution in [0.1, 0.15) is 31.2 Å². The number of carbonyl (C=O) groups is 2. The number of rotatable bonds is 5. The minimum Gasteiger partial charge on any atom is -0.493 e. The summed E-state index contributed by atoms with van der Waals surface area (Å²) in [5.41, 5.74) is 1.10. The summed E-state index contributed by atoms with van der Waals surface area (Å²) in [5, 5.41) is 2.96. The number of fused-ring (bicyclic) bond motifs is 1. The minimum absolute atomic E-state index is 0.0910.